The van der Waals surface area contributed by atoms with Crippen LogP contribution in [0, 0.1) is 0 Å². The average molecular weight is 255 g/mol. The molecule has 3 nitrogen and oxygen atoms in total. The lowest BCUT2D eigenvalue weighted by molar-refractivity contribution is -0.160. The zero-order valence-electron chi connectivity index (χ0n) is 10.8. The zero-order valence-corrected chi connectivity index (χ0v) is 10.8. The number of benzene rings is 1. The fourth-order valence-electron chi connectivity index (χ4n) is 3.75. The van der Waals surface area contributed by atoms with E-state index in [-0.39, 0.29) is 18.1 Å². The Labute approximate surface area is 112 Å². The first-order valence-electron chi connectivity index (χ1n) is 7.04. The van der Waals surface area contributed by atoms with Gasteiger partial charge in [0.15, 0.2) is 0 Å². The van der Waals surface area contributed by atoms with E-state index in [1.165, 1.54) is 24.0 Å². The van der Waals surface area contributed by atoms with Crippen molar-refractivity contribution in [3.63, 3.8) is 0 Å². The van der Waals surface area contributed by atoms with E-state index in [4.69, 9.17) is 4.74 Å². The minimum Gasteiger partial charge on any atom is -0.462 e. The number of rotatable bonds is 1. The Morgan fingerprint density at radius 3 is 2.84 bits per heavy atom. The highest BCUT2D eigenvalue weighted by molar-refractivity contribution is 5.80. The number of esters is 1. The Bertz CT molecular complexity index is 537. The maximum Gasteiger partial charge on any atom is 0.327 e. The van der Waals surface area contributed by atoms with Crippen LogP contribution in [0.3, 0.4) is 0 Å². The number of ether oxygens (including phenoxy) is 1. The first kappa shape index (κ1) is 11.2. The summed E-state index contributed by atoms with van der Waals surface area (Å²) >= 11 is 0. The van der Waals surface area contributed by atoms with E-state index in [2.05, 4.69) is 35.2 Å². The summed E-state index contributed by atoms with van der Waals surface area (Å²) in [7, 11) is 0. The van der Waals surface area contributed by atoms with Crippen molar-refractivity contribution < 1.29 is 9.53 Å². The van der Waals surface area contributed by atoms with Gasteiger partial charge in [0.05, 0.1) is 6.04 Å². The van der Waals surface area contributed by atoms with Gasteiger partial charge in [0.25, 0.3) is 0 Å². The average Bonchev–Trinajstić information content (AvgIpc) is 3.02. The Hall–Kier alpha value is -1.61. The van der Waals surface area contributed by atoms with Crippen molar-refractivity contribution in [2.75, 3.05) is 6.61 Å². The van der Waals surface area contributed by atoms with Gasteiger partial charge in [-0.3, -0.25) is 4.90 Å². The summed E-state index contributed by atoms with van der Waals surface area (Å²) in [6, 6.07) is 10.9. The molecule has 0 bridgehead atoms. The van der Waals surface area contributed by atoms with Gasteiger partial charge in [-0.15, -0.1) is 0 Å². The highest BCUT2D eigenvalue weighted by Crippen LogP contribution is 2.43. The smallest absolute Gasteiger partial charge is 0.327 e. The van der Waals surface area contributed by atoms with Crippen LogP contribution in [-0.4, -0.2) is 29.6 Å². The SMILES string of the molecule is O=C1OC[C@@H](c2ccccc2)N2[C@@H]1C=C1CCC[C@H]12. The first-order valence-corrected chi connectivity index (χ1v) is 7.04. The molecule has 0 aromatic heterocycles. The molecule has 0 radical (unpaired) electrons. The zero-order chi connectivity index (χ0) is 12.8. The Balaban J connectivity index is 1.72. The summed E-state index contributed by atoms with van der Waals surface area (Å²) in [5, 5.41) is 0. The second-order valence-electron chi connectivity index (χ2n) is 5.60. The number of morpholine rings is 1. The number of cyclic esters (lactones) is 1. The molecule has 98 valence electrons. The molecular formula is C16H17NO2. The lowest BCUT2D eigenvalue weighted by atomic mass is 10.0. The maximum atomic E-state index is 12.0. The van der Waals surface area contributed by atoms with Crippen LogP contribution in [0.1, 0.15) is 30.9 Å². The minimum atomic E-state index is -0.153. The van der Waals surface area contributed by atoms with Crippen LogP contribution in [0.2, 0.25) is 0 Å². The second kappa shape index (κ2) is 4.20. The third-order valence-electron chi connectivity index (χ3n) is 4.59. The van der Waals surface area contributed by atoms with Crippen LogP contribution < -0.4 is 0 Å². The van der Waals surface area contributed by atoms with E-state index < -0.39 is 0 Å². The van der Waals surface area contributed by atoms with Crippen LogP contribution >= 0.6 is 0 Å². The topological polar surface area (TPSA) is 29.5 Å². The van der Waals surface area contributed by atoms with Crippen molar-refractivity contribution in [2.24, 2.45) is 0 Å². The van der Waals surface area contributed by atoms with E-state index in [9.17, 15) is 4.79 Å². The summed E-state index contributed by atoms with van der Waals surface area (Å²) < 4.78 is 5.40. The summed E-state index contributed by atoms with van der Waals surface area (Å²) in [4.78, 5) is 14.4. The molecule has 0 unspecified atom stereocenters. The third-order valence-corrected chi connectivity index (χ3v) is 4.59. The molecule has 2 fully saturated rings. The number of hydrogen-bond acceptors (Lipinski definition) is 3. The van der Waals surface area contributed by atoms with Gasteiger partial charge in [-0.1, -0.05) is 42.0 Å². The van der Waals surface area contributed by atoms with Crippen molar-refractivity contribution in [1.29, 1.82) is 0 Å². The van der Waals surface area contributed by atoms with Crippen molar-refractivity contribution in [1.82, 2.24) is 4.90 Å². The standard InChI is InChI=1S/C16H17NO2/c18-16-14-9-12-7-4-8-13(12)17(14)15(10-19-16)11-5-2-1-3-6-11/h1-3,5-6,9,13-15H,4,7-8,10H2/t13-,14-,15+/m1/s1. The van der Waals surface area contributed by atoms with Gasteiger partial charge in [0, 0.05) is 6.04 Å². The molecule has 3 atom stereocenters. The van der Waals surface area contributed by atoms with Crippen LogP contribution in [-0.2, 0) is 9.53 Å². The van der Waals surface area contributed by atoms with Crippen molar-refractivity contribution in [3.8, 4) is 0 Å². The van der Waals surface area contributed by atoms with Gasteiger partial charge >= 0.3 is 5.97 Å². The maximum absolute atomic E-state index is 12.0. The number of nitrogens with zero attached hydrogens (tertiary/aromatic N) is 1. The van der Waals surface area contributed by atoms with E-state index in [0.717, 1.165) is 6.42 Å². The first-order chi connectivity index (χ1) is 9.34. The van der Waals surface area contributed by atoms with Crippen LogP contribution in [0.25, 0.3) is 0 Å². The monoisotopic (exact) mass is 255 g/mol. The predicted octanol–water partition coefficient (Wildman–Crippen LogP) is 2.45. The fourth-order valence-corrected chi connectivity index (χ4v) is 3.75. The van der Waals surface area contributed by atoms with Crippen LogP contribution in [0.15, 0.2) is 42.0 Å². The molecule has 0 N–H and O–H groups in total. The molecule has 2 aliphatic heterocycles. The van der Waals surface area contributed by atoms with Gasteiger partial charge in [-0.05, 0) is 24.8 Å². The van der Waals surface area contributed by atoms with Gasteiger partial charge < -0.3 is 4.74 Å². The lowest BCUT2D eigenvalue weighted by Gasteiger charge is -2.40. The summed E-state index contributed by atoms with van der Waals surface area (Å²) in [6.07, 6.45) is 5.72. The molecule has 0 spiro atoms. The molecule has 4 rings (SSSR count). The largest absolute Gasteiger partial charge is 0.462 e. The summed E-state index contributed by atoms with van der Waals surface area (Å²) in [5.74, 6) is -0.0749. The quantitative estimate of drug-likeness (QED) is 0.570. The minimum absolute atomic E-state index is 0.0749. The molecule has 0 amide bonds. The molecule has 1 saturated carbocycles. The molecule has 3 heteroatoms. The van der Waals surface area contributed by atoms with E-state index in [0.29, 0.717) is 12.6 Å². The van der Waals surface area contributed by atoms with Crippen molar-refractivity contribution >= 4 is 5.97 Å². The highest BCUT2D eigenvalue weighted by Gasteiger charge is 2.47. The second-order valence-corrected chi connectivity index (χ2v) is 5.60. The van der Waals surface area contributed by atoms with Gasteiger partial charge in [0.1, 0.15) is 12.6 Å². The Kier molecular flexibility index (Phi) is 2.49. The van der Waals surface area contributed by atoms with Crippen LogP contribution in [0.4, 0.5) is 0 Å². The lowest BCUT2D eigenvalue weighted by Crippen LogP contribution is -2.50. The Morgan fingerprint density at radius 2 is 2.00 bits per heavy atom. The van der Waals surface area contributed by atoms with E-state index in [1.807, 2.05) is 6.07 Å². The van der Waals surface area contributed by atoms with E-state index in [1.54, 1.807) is 0 Å². The molecule has 19 heavy (non-hydrogen) atoms. The predicted molar refractivity (Wildman–Crippen MR) is 71.5 cm³/mol. The molecule has 1 aliphatic carbocycles. The van der Waals surface area contributed by atoms with Crippen molar-refractivity contribution in [3.05, 3.63) is 47.5 Å². The number of carbonyl (C=O) groups excluding carboxylic acids is 1. The summed E-state index contributed by atoms with van der Waals surface area (Å²) in [5.41, 5.74) is 2.70. The third kappa shape index (κ3) is 1.65. The number of hydrogen-bond donors (Lipinski definition) is 0. The Morgan fingerprint density at radius 1 is 1.16 bits per heavy atom. The number of fused-ring (bicyclic) bond motifs is 3. The molecule has 2 heterocycles. The van der Waals surface area contributed by atoms with E-state index >= 15 is 0 Å². The van der Waals surface area contributed by atoms with Gasteiger partial charge in [-0.25, -0.2) is 4.79 Å². The molecule has 1 saturated heterocycles. The van der Waals surface area contributed by atoms with Crippen LogP contribution in [0.5, 0.6) is 0 Å². The molecule has 1 aromatic rings. The van der Waals surface area contributed by atoms with Gasteiger partial charge in [0.2, 0.25) is 0 Å². The molecule has 1 aromatic carbocycles. The molecule has 3 aliphatic rings. The van der Waals surface area contributed by atoms with Crippen molar-refractivity contribution in [2.45, 2.75) is 37.4 Å². The normalized spacial score (nSPS) is 33.6. The van der Waals surface area contributed by atoms with Gasteiger partial charge in [-0.2, -0.15) is 0 Å². The highest BCUT2D eigenvalue weighted by atomic mass is 16.5. The fraction of sp³-hybridized carbons (Fsp3) is 0.438. The summed E-state index contributed by atoms with van der Waals surface area (Å²) in [6.45, 7) is 0.483. The number of carbonyl (C=O) groups is 1. The molecular weight excluding hydrogens is 238 g/mol.